The number of hydroxylamine groups is 1. The molecule has 32 heavy (non-hydrogen) atoms. The van der Waals surface area contributed by atoms with Crippen LogP contribution < -0.4 is 9.96 Å². The quantitative estimate of drug-likeness (QED) is 0.354. The molecule has 160 valence electrons. The van der Waals surface area contributed by atoms with E-state index in [0.29, 0.717) is 11.4 Å². The Balaban J connectivity index is 1.60. The van der Waals surface area contributed by atoms with Gasteiger partial charge in [0.2, 0.25) is 5.91 Å². The first-order valence-corrected chi connectivity index (χ1v) is 10.2. The number of benzene rings is 3. The lowest BCUT2D eigenvalue weighted by atomic mass is 9.90. The number of hydrogen-bond donors (Lipinski definition) is 0. The van der Waals surface area contributed by atoms with E-state index < -0.39 is 28.9 Å². The van der Waals surface area contributed by atoms with Gasteiger partial charge in [0.1, 0.15) is 5.92 Å². The Hall–Kier alpha value is -4.04. The third kappa shape index (κ3) is 3.12. The summed E-state index contributed by atoms with van der Waals surface area (Å²) in [5, 5.41) is 12.8. The molecule has 2 amide bonds. The van der Waals surface area contributed by atoms with Crippen molar-refractivity contribution in [3.8, 4) is 0 Å². The normalized spacial score (nSPS) is 22.3. The van der Waals surface area contributed by atoms with E-state index in [1.165, 1.54) is 22.1 Å². The maximum atomic E-state index is 13.5. The molecule has 0 bridgehead atoms. The standard InChI is InChI=1S/C24H19N3O5/c1-15-10-12-16(13-11-15)21-20-22(24(29)25(23(20)28)17-6-3-2-4-7-17)32-26(21)18-8-5-9-19(14-18)27(30)31/h2-14,20-22H,1H3/t20-,21-,22-/m1/s1. The van der Waals surface area contributed by atoms with Crippen molar-refractivity contribution < 1.29 is 19.3 Å². The van der Waals surface area contributed by atoms with Gasteiger partial charge in [-0.3, -0.25) is 24.5 Å². The Morgan fingerprint density at radius 3 is 2.25 bits per heavy atom. The molecular formula is C24H19N3O5. The lowest BCUT2D eigenvalue weighted by Crippen LogP contribution is -2.37. The SMILES string of the molecule is Cc1ccc([C@@H]2[C@H]3C(=O)N(c4ccccc4)C(=O)[C@@H]3ON2c2cccc([N+](=O)[O-])c2)cc1. The molecular weight excluding hydrogens is 410 g/mol. The number of nitro groups is 1. The summed E-state index contributed by atoms with van der Waals surface area (Å²) in [4.78, 5) is 44.7. The van der Waals surface area contributed by atoms with Crippen LogP contribution in [0.2, 0.25) is 0 Å². The highest BCUT2D eigenvalue weighted by Crippen LogP contribution is 2.47. The van der Waals surface area contributed by atoms with Crippen LogP contribution in [0.15, 0.2) is 78.9 Å². The number of amides is 2. The third-order valence-electron chi connectivity index (χ3n) is 5.84. The Kier molecular flexibility index (Phi) is 4.71. The number of hydrogen-bond acceptors (Lipinski definition) is 6. The molecule has 0 aliphatic carbocycles. The van der Waals surface area contributed by atoms with Crippen LogP contribution in [0.1, 0.15) is 17.2 Å². The number of carbonyl (C=O) groups is 2. The minimum absolute atomic E-state index is 0.102. The van der Waals surface area contributed by atoms with Gasteiger partial charge in [0.15, 0.2) is 6.10 Å². The van der Waals surface area contributed by atoms with Gasteiger partial charge in [0.05, 0.1) is 22.3 Å². The maximum Gasteiger partial charge on any atom is 0.271 e. The number of fused-ring (bicyclic) bond motifs is 1. The molecule has 0 spiro atoms. The molecule has 0 radical (unpaired) electrons. The second kappa shape index (κ2) is 7.58. The van der Waals surface area contributed by atoms with Crippen molar-refractivity contribution in [2.24, 2.45) is 5.92 Å². The van der Waals surface area contributed by atoms with Crippen molar-refractivity contribution in [3.05, 3.63) is 100 Å². The highest BCUT2D eigenvalue weighted by Gasteiger charge is 2.60. The minimum Gasteiger partial charge on any atom is -0.273 e. The molecule has 0 aromatic heterocycles. The molecule has 3 aromatic carbocycles. The number of para-hydroxylation sites is 1. The van der Waals surface area contributed by atoms with Crippen LogP contribution in [0.25, 0.3) is 0 Å². The molecule has 2 fully saturated rings. The Bertz CT molecular complexity index is 1210. The predicted molar refractivity (Wildman–Crippen MR) is 117 cm³/mol. The van der Waals surface area contributed by atoms with E-state index in [2.05, 4.69) is 0 Å². The number of imide groups is 1. The van der Waals surface area contributed by atoms with Crippen LogP contribution in [0.3, 0.4) is 0 Å². The topological polar surface area (TPSA) is 93.0 Å². The van der Waals surface area contributed by atoms with Gasteiger partial charge in [0, 0.05) is 12.1 Å². The smallest absolute Gasteiger partial charge is 0.271 e. The average molecular weight is 429 g/mol. The zero-order valence-corrected chi connectivity index (χ0v) is 17.1. The lowest BCUT2D eigenvalue weighted by Gasteiger charge is -2.28. The summed E-state index contributed by atoms with van der Waals surface area (Å²) in [6.45, 7) is 1.96. The van der Waals surface area contributed by atoms with E-state index >= 15 is 0 Å². The fourth-order valence-electron chi connectivity index (χ4n) is 4.32. The lowest BCUT2D eigenvalue weighted by molar-refractivity contribution is -0.384. The number of nitrogens with zero attached hydrogens (tertiary/aromatic N) is 3. The van der Waals surface area contributed by atoms with Crippen LogP contribution in [-0.4, -0.2) is 22.8 Å². The molecule has 0 unspecified atom stereocenters. The van der Waals surface area contributed by atoms with E-state index in [0.717, 1.165) is 11.1 Å². The van der Waals surface area contributed by atoms with E-state index in [1.807, 2.05) is 37.3 Å². The predicted octanol–water partition coefficient (Wildman–Crippen LogP) is 3.95. The second-order valence-electron chi connectivity index (χ2n) is 7.86. The number of aryl methyl sites for hydroxylation is 1. The molecule has 3 aromatic rings. The average Bonchev–Trinajstić information content (AvgIpc) is 3.31. The molecule has 2 saturated heterocycles. The fourth-order valence-corrected chi connectivity index (χ4v) is 4.32. The molecule has 0 saturated carbocycles. The summed E-state index contributed by atoms with van der Waals surface area (Å²) in [6.07, 6.45) is -1.02. The minimum atomic E-state index is -1.02. The molecule has 2 heterocycles. The van der Waals surface area contributed by atoms with Crippen molar-refractivity contribution in [1.82, 2.24) is 0 Å². The summed E-state index contributed by atoms with van der Waals surface area (Å²) >= 11 is 0. The summed E-state index contributed by atoms with van der Waals surface area (Å²) in [5.74, 6) is -1.59. The van der Waals surface area contributed by atoms with Gasteiger partial charge in [0.25, 0.3) is 11.6 Å². The number of rotatable bonds is 4. The van der Waals surface area contributed by atoms with Gasteiger partial charge in [-0.15, -0.1) is 0 Å². The van der Waals surface area contributed by atoms with Crippen molar-refractivity contribution in [2.45, 2.75) is 19.1 Å². The number of anilines is 2. The van der Waals surface area contributed by atoms with Crippen molar-refractivity contribution >= 4 is 28.9 Å². The zero-order chi connectivity index (χ0) is 22.4. The molecule has 2 aliphatic heterocycles. The van der Waals surface area contributed by atoms with E-state index in [4.69, 9.17) is 4.84 Å². The number of carbonyl (C=O) groups excluding carboxylic acids is 2. The Morgan fingerprint density at radius 1 is 0.875 bits per heavy atom. The number of nitro benzene ring substituents is 1. The first-order chi connectivity index (χ1) is 15.5. The fraction of sp³-hybridized carbons (Fsp3) is 0.167. The van der Waals surface area contributed by atoms with Gasteiger partial charge in [-0.05, 0) is 30.7 Å². The molecule has 0 N–H and O–H groups in total. The summed E-state index contributed by atoms with van der Waals surface area (Å²) < 4.78 is 0. The van der Waals surface area contributed by atoms with Crippen LogP contribution >= 0.6 is 0 Å². The largest absolute Gasteiger partial charge is 0.273 e. The van der Waals surface area contributed by atoms with Crippen molar-refractivity contribution in [1.29, 1.82) is 0 Å². The van der Waals surface area contributed by atoms with Crippen LogP contribution in [-0.2, 0) is 14.4 Å². The van der Waals surface area contributed by atoms with Gasteiger partial charge >= 0.3 is 0 Å². The highest BCUT2D eigenvalue weighted by atomic mass is 16.7. The monoisotopic (exact) mass is 429 g/mol. The Labute approximate surface area is 183 Å². The van der Waals surface area contributed by atoms with Crippen LogP contribution in [0, 0.1) is 23.0 Å². The molecule has 2 aliphatic rings. The zero-order valence-electron chi connectivity index (χ0n) is 17.1. The van der Waals surface area contributed by atoms with E-state index in [-0.39, 0.29) is 11.6 Å². The van der Waals surface area contributed by atoms with Crippen molar-refractivity contribution in [2.75, 3.05) is 9.96 Å². The molecule has 8 nitrogen and oxygen atoms in total. The highest BCUT2D eigenvalue weighted by molar-refractivity contribution is 6.23. The van der Waals surface area contributed by atoms with Gasteiger partial charge in [-0.1, -0.05) is 54.1 Å². The van der Waals surface area contributed by atoms with Gasteiger partial charge in [-0.2, -0.15) is 0 Å². The third-order valence-corrected chi connectivity index (χ3v) is 5.84. The van der Waals surface area contributed by atoms with Crippen molar-refractivity contribution in [3.63, 3.8) is 0 Å². The van der Waals surface area contributed by atoms with Gasteiger partial charge in [-0.25, -0.2) is 9.96 Å². The Morgan fingerprint density at radius 2 is 1.56 bits per heavy atom. The summed E-state index contributed by atoms with van der Waals surface area (Å²) in [6, 6.07) is 21.7. The molecule has 3 atom stereocenters. The van der Waals surface area contributed by atoms with E-state index in [9.17, 15) is 19.7 Å². The van der Waals surface area contributed by atoms with Crippen LogP contribution in [0.4, 0.5) is 17.1 Å². The summed E-state index contributed by atoms with van der Waals surface area (Å²) in [7, 11) is 0. The summed E-state index contributed by atoms with van der Waals surface area (Å²) in [5.41, 5.74) is 2.63. The van der Waals surface area contributed by atoms with E-state index in [1.54, 1.807) is 36.4 Å². The maximum absolute atomic E-state index is 13.5. The van der Waals surface area contributed by atoms with Crippen LogP contribution in [0.5, 0.6) is 0 Å². The first kappa shape index (κ1) is 19.9. The number of non-ortho nitro benzene ring substituents is 1. The van der Waals surface area contributed by atoms with Gasteiger partial charge < -0.3 is 0 Å². The second-order valence-corrected chi connectivity index (χ2v) is 7.86. The molecule has 5 rings (SSSR count). The molecule has 8 heteroatoms. The first-order valence-electron chi connectivity index (χ1n) is 10.2.